The molecule has 0 aliphatic rings. The molecule has 0 unspecified atom stereocenters. The first-order chi connectivity index (χ1) is 11.5. The Morgan fingerprint density at radius 2 is 2.00 bits per heavy atom. The number of nitrogens with zero attached hydrogens (tertiary/aromatic N) is 1. The Hall–Kier alpha value is -2.85. The third kappa shape index (κ3) is 4.83. The molecule has 0 aliphatic carbocycles. The van der Waals surface area contributed by atoms with Crippen molar-refractivity contribution in [2.45, 2.75) is 0 Å². The Labute approximate surface area is 141 Å². The van der Waals surface area contributed by atoms with E-state index in [0.29, 0.717) is 11.3 Å². The lowest BCUT2D eigenvalue weighted by molar-refractivity contribution is 0.247. The van der Waals surface area contributed by atoms with Crippen molar-refractivity contribution >= 4 is 23.3 Å². The summed E-state index contributed by atoms with van der Waals surface area (Å²) in [5.41, 5.74) is 0.737. The summed E-state index contributed by atoms with van der Waals surface area (Å²) in [4.78, 5) is 11.7. The predicted molar refractivity (Wildman–Crippen MR) is 85.0 cm³/mol. The zero-order chi connectivity index (χ0) is 17.5. The fourth-order valence-electron chi connectivity index (χ4n) is 1.76. The molecule has 0 radical (unpaired) electrons. The van der Waals surface area contributed by atoms with E-state index < -0.39 is 17.7 Å². The van der Waals surface area contributed by atoms with Crippen molar-refractivity contribution in [3.8, 4) is 11.8 Å². The van der Waals surface area contributed by atoms with Crippen LogP contribution in [0.2, 0.25) is 5.02 Å². The van der Waals surface area contributed by atoms with Gasteiger partial charge in [0.25, 0.3) is 0 Å². The van der Waals surface area contributed by atoms with E-state index >= 15 is 0 Å². The van der Waals surface area contributed by atoms with Gasteiger partial charge >= 0.3 is 6.03 Å². The molecule has 2 amide bonds. The second-order valence-electron chi connectivity index (χ2n) is 4.61. The van der Waals surface area contributed by atoms with Gasteiger partial charge in [0.15, 0.2) is 11.6 Å². The fourth-order valence-corrected chi connectivity index (χ4v) is 1.98. The largest absolute Gasteiger partial charge is 0.492 e. The van der Waals surface area contributed by atoms with Crippen LogP contribution in [0.5, 0.6) is 5.75 Å². The molecule has 0 spiro atoms. The maximum atomic E-state index is 13.0. The number of nitriles is 1. The maximum Gasteiger partial charge on any atom is 0.319 e. The molecule has 24 heavy (non-hydrogen) atoms. The van der Waals surface area contributed by atoms with Crippen molar-refractivity contribution in [3.05, 3.63) is 58.6 Å². The average molecular weight is 352 g/mol. The van der Waals surface area contributed by atoms with E-state index in [2.05, 4.69) is 10.6 Å². The summed E-state index contributed by atoms with van der Waals surface area (Å²) in [6, 6.07) is 9.08. The smallest absolute Gasteiger partial charge is 0.319 e. The number of rotatable bonds is 5. The van der Waals surface area contributed by atoms with Crippen LogP contribution in [0, 0.1) is 23.0 Å². The Kier molecular flexibility index (Phi) is 5.93. The highest BCUT2D eigenvalue weighted by Crippen LogP contribution is 2.20. The second kappa shape index (κ2) is 8.13. The molecule has 0 aromatic heterocycles. The molecular weight excluding hydrogens is 340 g/mol. The van der Waals surface area contributed by atoms with Crippen molar-refractivity contribution in [3.63, 3.8) is 0 Å². The minimum absolute atomic E-state index is 0.0760. The molecule has 2 aromatic carbocycles. The van der Waals surface area contributed by atoms with Gasteiger partial charge in [0, 0.05) is 11.8 Å². The molecule has 0 fully saturated rings. The molecule has 8 heteroatoms. The first kappa shape index (κ1) is 17.5. The van der Waals surface area contributed by atoms with Crippen LogP contribution in [0.1, 0.15) is 5.56 Å². The zero-order valence-electron chi connectivity index (χ0n) is 12.3. The summed E-state index contributed by atoms with van der Waals surface area (Å²) >= 11 is 5.86. The Morgan fingerprint density at radius 3 is 2.67 bits per heavy atom. The molecule has 0 atom stereocenters. The van der Waals surface area contributed by atoms with Crippen molar-refractivity contribution in [1.82, 2.24) is 5.32 Å². The first-order valence-electron chi connectivity index (χ1n) is 6.82. The zero-order valence-corrected chi connectivity index (χ0v) is 13.0. The minimum Gasteiger partial charge on any atom is -0.492 e. The van der Waals surface area contributed by atoms with E-state index in [4.69, 9.17) is 21.6 Å². The molecule has 5 nitrogen and oxygen atoms in total. The number of amides is 2. The Bertz CT molecular complexity index is 793. The lowest BCUT2D eigenvalue weighted by atomic mass is 10.2. The monoisotopic (exact) mass is 351 g/mol. The van der Waals surface area contributed by atoms with E-state index in [0.717, 1.165) is 12.1 Å². The first-order valence-corrected chi connectivity index (χ1v) is 7.20. The van der Waals surface area contributed by atoms with Crippen LogP contribution in [0.25, 0.3) is 0 Å². The summed E-state index contributed by atoms with van der Waals surface area (Å²) < 4.78 is 30.9. The van der Waals surface area contributed by atoms with Crippen molar-refractivity contribution < 1.29 is 18.3 Å². The summed E-state index contributed by atoms with van der Waals surface area (Å²) in [6.45, 7) is 0.224. The third-order valence-electron chi connectivity index (χ3n) is 2.89. The van der Waals surface area contributed by atoms with Crippen LogP contribution in [0.3, 0.4) is 0 Å². The highest BCUT2D eigenvalue weighted by molar-refractivity contribution is 6.32. The molecular formula is C16H12ClF2N3O2. The number of anilines is 1. The third-order valence-corrected chi connectivity index (χ3v) is 3.21. The number of urea groups is 1. The SMILES string of the molecule is N#Cc1ccc(NC(=O)NCCOc2ccc(F)c(F)c2)cc1Cl. The summed E-state index contributed by atoms with van der Waals surface area (Å²) in [7, 11) is 0. The van der Waals surface area contributed by atoms with Gasteiger partial charge < -0.3 is 15.4 Å². The molecule has 0 saturated carbocycles. The molecule has 0 heterocycles. The van der Waals surface area contributed by atoms with Crippen LogP contribution < -0.4 is 15.4 Å². The van der Waals surface area contributed by atoms with E-state index in [1.165, 1.54) is 18.2 Å². The van der Waals surface area contributed by atoms with Gasteiger partial charge in [0.05, 0.1) is 17.1 Å². The normalized spacial score (nSPS) is 9.92. The highest BCUT2D eigenvalue weighted by Gasteiger charge is 2.06. The van der Waals surface area contributed by atoms with Crippen molar-refractivity contribution in [2.75, 3.05) is 18.5 Å². The molecule has 0 aliphatic heterocycles. The van der Waals surface area contributed by atoms with Gasteiger partial charge in [0.1, 0.15) is 18.4 Å². The van der Waals surface area contributed by atoms with Crippen LogP contribution >= 0.6 is 11.6 Å². The number of nitrogens with one attached hydrogen (secondary N) is 2. The molecule has 124 valence electrons. The van der Waals surface area contributed by atoms with Crippen LogP contribution in [-0.4, -0.2) is 19.2 Å². The topological polar surface area (TPSA) is 74.2 Å². The predicted octanol–water partition coefficient (Wildman–Crippen LogP) is 3.69. The van der Waals surface area contributed by atoms with Gasteiger partial charge in [-0.05, 0) is 30.3 Å². The number of carbonyl (C=O) groups excluding carboxylic acids is 1. The Balaban J connectivity index is 1.76. The minimum atomic E-state index is -1.00. The van der Waals surface area contributed by atoms with Gasteiger partial charge in [-0.25, -0.2) is 13.6 Å². The molecule has 0 bridgehead atoms. The summed E-state index contributed by atoms with van der Waals surface area (Å²) in [5, 5.41) is 14.1. The van der Waals surface area contributed by atoms with E-state index in [1.807, 2.05) is 6.07 Å². The quantitative estimate of drug-likeness (QED) is 0.807. The van der Waals surface area contributed by atoms with Crippen molar-refractivity contribution in [2.24, 2.45) is 0 Å². The lowest BCUT2D eigenvalue weighted by Gasteiger charge is -2.09. The van der Waals surface area contributed by atoms with Gasteiger partial charge in [-0.3, -0.25) is 0 Å². The van der Waals surface area contributed by atoms with Crippen LogP contribution in [0.15, 0.2) is 36.4 Å². The van der Waals surface area contributed by atoms with Crippen LogP contribution in [-0.2, 0) is 0 Å². The van der Waals surface area contributed by atoms with Gasteiger partial charge in [0.2, 0.25) is 0 Å². The highest BCUT2D eigenvalue weighted by atomic mass is 35.5. The second-order valence-corrected chi connectivity index (χ2v) is 5.02. The van der Waals surface area contributed by atoms with Gasteiger partial charge in [-0.15, -0.1) is 0 Å². The number of hydrogen-bond acceptors (Lipinski definition) is 3. The van der Waals surface area contributed by atoms with Gasteiger partial charge in [-0.2, -0.15) is 5.26 Å². The average Bonchev–Trinajstić information content (AvgIpc) is 2.55. The van der Waals surface area contributed by atoms with E-state index in [9.17, 15) is 13.6 Å². The lowest BCUT2D eigenvalue weighted by Crippen LogP contribution is -2.32. The molecule has 2 rings (SSSR count). The molecule has 2 aromatic rings. The Morgan fingerprint density at radius 1 is 1.21 bits per heavy atom. The fraction of sp³-hybridized carbons (Fsp3) is 0.125. The summed E-state index contributed by atoms with van der Waals surface area (Å²) in [6.07, 6.45) is 0. The number of carbonyl (C=O) groups is 1. The van der Waals surface area contributed by atoms with Crippen molar-refractivity contribution in [1.29, 1.82) is 5.26 Å². The summed E-state index contributed by atoms with van der Waals surface area (Å²) in [5.74, 6) is -1.80. The number of hydrogen-bond donors (Lipinski definition) is 2. The number of halogens is 3. The molecule has 0 saturated heterocycles. The standard InChI is InChI=1S/C16H12ClF2N3O2/c17-13-7-11(2-1-10(13)9-20)22-16(23)21-5-6-24-12-3-4-14(18)15(19)8-12/h1-4,7-8H,5-6H2,(H2,21,22,23). The van der Waals surface area contributed by atoms with Gasteiger partial charge in [-0.1, -0.05) is 11.6 Å². The van der Waals surface area contributed by atoms with E-state index in [1.54, 1.807) is 6.07 Å². The van der Waals surface area contributed by atoms with E-state index in [-0.39, 0.29) is 23.9 Å². The number of ether oxygens (including phenoxy) is 1. The van der Waals surface area contributed by atoms with Crippen LogP contribution in [0.4, 0.5) is 19.3 Å². The number of benzene rings is 2. The maximum absolute atomic E-state index is 13.0. The molecule has 2 N–H and O–H groups in total.